The Labute approximate surface area is 173 Å². The molecule has 3 rings (SSSR count). The van der Waals surface area contributed by atoms with Gasteiger partial charge in [-0.2, -0.15) is 0 Å². The fraction of sp³-hybridized carbons (Fsp3) is 0.455. The van der Waals surface area contributed by atoms with Gasteiger partial charge in [-0.3, -0.25) is 0 Å². The Morgan fingerprint density at radius 1 is 1.28 bits per heavy atom. The van der Waals surface area contributed by atoms with Gasteiger partial charge in [-0.05, 0) is 44.0 Å². The van der Waals surface area contributed by atoms with Crippen molar-refractivity contribution in [3.05, 3.63) is 48.2 Å². The first-order chi connectivity index (χ1) is 14.2. The van der Waals surface area contributed by atoms with Gasteiger partial charge < -0.3 is 25.0 Å². The molecule has 0 spiro atoms. The van der Waals surface area contributed by atoms with Gasteiger partial charge in [0.2, 0.25) is 5.88 Å². The van der Waals surface area contributed by atoms with E-state index >= 15 is 0 Å². The molecule has 1 aliphatic rings. The van der Waals surface area contributed by atoms with Crippen molar-refractivity contribution in [2.24, 2.45) is 4.99 Å². The second-order valence-electron chi connectivity index (χ2n) is 6.88. The van der Waals surface area contributed by atoms with Gasteiger partial charge in [0.05, 0.1) is 25.9 Å². The Balaban J connectivity index is 1.62. The maximum Gasteiger partial charge on any atom is 0.213 e. The molecule has 7 heteroatoms. The fourth-order valence-electron chi connectivity index (χ4n) is 3.45. The number of nitrogens with zero attached hydrogens (tertiary/aromatic N) is 3. The standard InChI is InChI=1S/C22H31N5O2/c1-4-23-22(25-15-17-10-12-24-21(14-17)29-5-2)26-18-11-13-27(16-18)19-8-6-7-9-20(19)28-3/h6-10,12,14,18H,4-5,11,13,15-16H2,1-3H3,(H2,23,25,26). The van der Waals surface area contributed by atoms with Crippen LogP contribution in [-0.2, 0) is 6.54 Å². The number of hydrogen-bond acceptors (Lipinski definition) is 5. The molecule has 1 aliphatic heterocycles. The highest BCUT2D eigenvalue weighted by Crippen LogP contribution is 2.30. The third-order valence-corrected chi connectivity index (χ3v) is 4.81. The zero-order valence-electron chi connectivity index (χ0n) is 17.5. The molecule has 1 fully saturated rings. The van der Waals surface area contributed by atoms with E-state index in [-0.39, 0.29) is 0 Å². The molecule has 0 amide bonds. The molecular formula is C22H31N5O2. The normalized spacial score (nSPS) is 16.6. The number of aromatic nitrogens is 1. The van der Waals surface area contributed by atoms with Crippen molar-refractivity contribution in [1.82, 2.24) is 15.6 Å². The van der Waals surface area contributed by atoms with Gasteiger partial charge >= 0.3 is 0 Å². The highest BCUT2D eigenvalue weighted by molar-refractivity contribution is 5.80. The molecule has 7 nitrogen and oxygen atoms in total. The highest BCUT2D eigenvalue weighted by atomic mass is 16.5. The molecule has 1 aromatic carbocycles. The van der Waals surface area contributed by atoms with E-state index in [9.17, 15) is 0 Å². The first kappa shape index (κ1) is 20.8. The SMILES string of the molecule is CCNC(=NCc1ccnc(OCC)c1)NC1CCN(c2ccccc2OC)C1. The van der Waals surface area contributed by atoms with Crippen molar-refractivity contribution in [3.8, 4) is 11.6 Å². The average molecular weight is 398 g/mol. The summed E-state index contributed by atoms with van der Waals surface area (Å²) in [5.74, 6) is 2.38. The number of nitrogens with one attached hydrogen (secondary N) is 2. The predicted molar refractivity (Wildman–Crippen MR) is 117 cm³/mol. The second-order valence-corrected chi connectivity index (χ2v) is 6.88. The van der Waals surface area contributed by atoms with Gasteiger partial charge in [0.1, 0.15) is 5.75 Å². The molecule has 0 radical (unpaired) electrons. The van der Waals surface area contributed by atoms with E-state index in [4.69, 9.17) is 14.5 Å². The highest BCUT2D eigenvalue weighted by Gasteiger charge is 2.25. The summed E-state index contributed by atoms with van der Waals surface area (Å²) in [5.41, 5.74) is 2.21. The third kappa shape index (κ3) is 5.76. The largest absolute Gasteiger partial charge is 0.495 e. The third-order valence-electron chi connectivity index (χ3n) is 4.81. The van der Waals surface area contributed by atoms with Crippen LogP contribution in [0.4, 0.5) is 5.69 Å². The number of ether oxygens (including phenoxy) is 2. The molecule has 1 saturated heterocycles. The monoisotopic (exact) mass is 397 g/mol. The summed E-state index contributed by atoms with van der Waals surface area (Å²) < 4.78 is 11.0. The van der Waals surface area contributed by atoms with E-state index in [1.165, 1.54) is 0 Å². The van der Waals surface area contributed by atoms with E-state index in [0.29, 0.717) is 25.1 Å². The zero-order chi connectivity index (χ0) is 20.5. The summed E-state index contributed by atoms with van der Waals surface area (Å²) in [6.07, 6.45) is 2.81. The summed E-state index contributed by atoms with van der Waals surface area (Å²) in [6, 6.07) is 12.4. The number of pyridine rings is 1. The average Bonchev–Trinajstić information content (AvgIpc) is 3.21. The molecule has 1 atom stereocenters. The maximum atomic E-state index is 5.51. The Morgan fingerprint density at radius 2 is 2.14 bits per heavy atom. The molecule has 1 unspecified atom stereocenters. The van der Waals surface area contributed by atoms with Crippen molar-refractivity contribution >= 4 is 11.6 Å². The first-order valence-electron chi connectivity index (χ1n) is 10.2. The Morgan fingerprint density at radius 3 is 2.93 bits per heavy atom. The van der Waals surface area contributed by atoms with Crippen molar-refractivity contribution in [3.63, 3.8) is 0 Å². The summed E-state index contributed by atoms with van der Waals surface area (Å²) in [4.78, 5) is 11.3. The zero-order valence-corrected chi connectivity index (χ0v) is 17.5. The minimum Gasteiger partial charge on any atom is -0.495 e. The van der Waals surface area contributed by atoms with Crippen LogP contribution in [0.25, 0.3) is 0 Å². The van der Waals surface area contributed by atoms with Crippen LogP contribution < -0.4 is 25.0 Å². The van der Waals surface area contributed by atoms with E-state index in [2.05, 4.69) is 39.6 Å². The van der Waals surface area contributed by atoms with E-state index in [0.717, 1.165) is 49.0 Å². The van der Waals surface area contributed by atoms with Crippen LogP contribution >= 0.6 is 0 Å². The first-order valence-corrected chi connectivity index (χ1v) is 10.2. The molecule has 156 valence electrons. The summed E-state index contributed by atoms with van der Waals surface area (Å²) >= 11 is 0. The fourth-order valence-corrected chi connectivity index (χ4v) is 3.45. The lowest BCUT2D eigenvalue weighted by molar-refractivity contribution is 0.326. The molecule has 2 aromatic rings. The van der Waals surface area contributed by atoms with Crippen LogP contribution in [0.2, 0.25) is 0 Å². The minimum atomic E-state index is 0.328. The number of benzene rings is 1. The van der Waals surface area contributed by atoms with E-state index in [1.54, 1.807) is 13.3 Å². The van der Waals surface area contributed by atoms with Crippen LogP contribution in [0.5, 0.6) is 11.6 Å². The number of para-hydroxylation sites is 2. The lowest BCUT2D eigenvalue weighted by atomic mass is 10.2. The summed E-state index contributed by atoms with van der Waals surface area (Å²) in [7, 11) is 1.72. The molecule has 2 heterocycles. The van der Waals surface area contributed by atoms with Gasteiger partial charge in [-0.15, -0.1) is 0 Å². The molecular weight excluding hydrogens is 366 g/mol. The van der Waals surface area contributed by atoms with Gasteiger partial charge in [0.25, 0.3) is 0 Å². The molecule has 0 saturated carbocycles. The van der Waals surface area contributed by atoms with E-state index in [1.807, 2.05) is 31.2 Å². The Hall–Kier alpha value is -2.96. The molecule has 2 N–H and O–H groups in total. The Kier molecular flexibility index (Phi) is 7.55. The molecule has 0 aliphatic carbocycles. The number of anilines is 1. The number of aliphatic imine (C=N–C) groups is 1. The summed E-state index contributed by atoms with van der Waals surface area (Å²) in [5, 5.41) is 6.92. The van der Waals surface area contributed by atoms with E-state index < -0.39 is 0 Å². The van der Waals surface area contributed by atoms with Gasteiger partial charge in [0.15, 0.2) is 5.96 Å². The lowest BCUT2D eigenvalue weighted by Crippen LogP contribution is -2.44. The second kappa shape index (κ2) is 10.5. The van der Waals surface area contributed by atoms with Crippen molar-refractivity contribution in [2.75, 3.05) is 38.3 Å². The van der Waals surface area contributed by atoms with Crippen molar-refractivity contribution < 1.29 is 9.47 Å². The maximum absolute atomic E-state index is 5.51. The minimum absolute atomic E-state index is 0.328. The smallest absolute Gasteiger partial charge is 0.213 e. The number of hydrogen-bond donors (Lipinski definition) is 2. The number of rotatable bonds is 8. The van der Waals surface area contributed by atoms with Crippen molar-refractivity contribution in [2.45, 2.75) is 32.9 Å². The number of methoxy groups -OCH3 is 1. The topological polar surface area (TPSA) is 71.0 Å². The molecule has 29 heavy (non-hydrogen) atoms. The van der Waals surface area contributed by atoms with Crippen LogP contribution in [0.3, 0.4) is 0 Å². The van der Waals surface area contributed by atoms with Gasteiger partial charge in [-0.25, -0.2) is 9.98 Å². The number of guanidine groups is 1. The van der Waals surface area contributed by atoms with Crippen molar-refractivity contribution in [1.29, 1.82) is 0 Å². The summed E-state index contributed by atoms with van der Waals surface area (Å²) in [6.45, 7) is 7.92. The lowest BCUT2D eigenvalue weighted by Gasteiger charge is -2.22. The Bertz CT molecular complexity index is 811. The van der Waals surface area contributed by atoms with Crippen LogP contribution in [0.1, 0.15) is 25.8 Å². The predicted octanol–water partition coefficient (Wildman–Crippen LogP) is 2.82. The van der Waals surface area contributed by atoms with Crippen LogP contribution in [0, 0.1) is 0 Å². The van der Waals surface area contributed by atoms with Crippen LogP contribution in [0.15, 0.2) is 47.6 Å². The van der Waals surface area contributed by atoms with Crippen LogP contribution in [-0.4, -0.2) is 50.3 Å². The molecule has 0 bridgehead atoms. The quantitative estimate of drug-likeness (QED) is 0.527. The van der Waals surface area contributed by atoms with Gasteiger partial charge in [0, 0.05) is 37.9 Å². The molecule has 1 aromatic heterocycles. The van der Waals surface area contributed by atoms with Gasteiger partial charge in [-0.1, -0.05) is 12.1 Å².